The Bertz CT molecular complexity index is 1180. The first-order valence-corrected chi connectivity index (χ1v) is 13.5. The molecule has 3 saturated heterocycles. The predicted octanol–water partition coefficient (Wildman–Crippen LogP) is 2.80. The molecule has 3 aliphatic rings. The van der Waals surface area contributed by atoms with Gasteiger partial charge in [-0.1, -0.05) is 15.9 Å². The molecular formula is C18H12Br3F3O10S. The van der Waals surface area contributed by atoms with E-state index in [1.165, 1.54) is 0 Å². The number of carbonyl (C=O) groups is 3. The van der Waals surface area contributed by atoms with Crippen molar-refractivity contribution in [2.24, 2.45) is 11.8 Å². The van der Waals surface area contributed by atoms with Gasteiger partial charge in [0.05, 0.1) is 5.56 Å². The van der Waals surface area contributed by atoms with Crippen LogP contribution in [0.4, 0.5) is 13.2 Å². The largest absolute Gasteiger partial charge is 0.455 e. The first kappa shape index (κ1) is 26.8. The van der Waals surface area contributed by atoms with Crippen LogP contribution >= 0.6 is 47.8 Å². The lowest BCUT2D eigenvalue weighted by molar-refractivity contribution is -0.219. The standard InChI is InChI=1S/C18H12Br3F3O10S/c19-4-1-5(20)8(6(21)2-4)15(25)33-13-11-9(10-12(32-11)14(13)34-17(10)27)16(26)31-7(18(22,23)24)3-35(28,29)30/h1-2,7,9-14H,3H2,(H,28,29,30). The first-order valence-electron chi connectivity index (χ1n) is 9.52. The highest BCUT2D eigenvalue weighted by Crippen LogP contribution is 2.52. The summed E-state index contributed by atoms with van der Waals surface area (Å²) >= 11 is 9.68. The van der Waals surface area contributed by atoms with Crippen molar-refractivity contribution in [3.63, 3.8) is 0 Å². The third-order valence-corrected chi connectivity index (χ3v) is 8.05. The quantitative estimate of drug-likeness (QED) is 0.265. The zero-order chi connectivity index (χ0) is 26.0. The molecule has 1 aromatic carbocycles. The van der Waals surface area contributed by atoms with Gasteiger partial charge >= 0.3 is 24.1 Å². The number of hydrogen-bond acceptors (Lipinski definition) is 9. The van der Waals surface area contributed by atoms with Crippen LogP contribution in [0.1, 0.15) is 10.4 Å². The number of benzene rings is 1. The average Bonchev–Trinajstić information content (AvgIpc) is 3.28. The molecule has 2 bridgehead atoms. The smallest absolute Gasteiger partial charge is 0.426 e. The Hall–Kier alpha value is -1.27. The maximum absolute atomic E-state index is 13.2. The van der Waals surface area contributed by atoms with Gasteiger partial charge in [0.15, 0.2) is 12.2 Å². The minimum absolute atomic E-state index is 0.0428. The lowest BCUT2D eigenvalue weighted by atomic mass is 9.78. The molecular weight excluding hydrogens is 705 g/mol. The van der Waals surface area contributed by atoms with Crippen LogP contribution in [-0.4, -0.2) is 73.3 Å². The SMILES string of the molecule is O=C(OC1C2OC(=O)C3C2OC1C3C(=O)OC(CS(=O)(=O)O)C(F)(F)F)c1c(Br)cc(Br)cc1Br. The minimum Gasteiger partial charge on any atom is -0.455 e. The van der Waals surface area contributed by atoms with E-state index in [2.05, 4.69) is 52.5 Å². The summed E-state index contributed by atoms with van der Waals surface area (Å²) < 4.78 is 92.3. The molecule has 0 spiro atoms. The lowest BCUT2D eigenvalue weighted by Gasteiger charge is -2.29. The van der Waals surface area contributed by atoms with Gasteiger partial charge in [-0.2, -0.15) is 21.6 Å². The number of halogens is 6. The van der Waals surface area contributed by atoms with Gasteiger partial charge in [-0.15, -0.1) is 0 Å². The van der Waals surface area contributed by atoms with Crippen molar-refractivity contribution >= 4 is 75.8 Å². The third-order valence-electron chi connectivity index (χ3n) is 5.62. The van der Waals surface area contributed by atoms with Crippen LogP contribution in [0.25, 0.3) is 0 Å². The molecule has 192 valence electrons. The molecule has 0 saturated carbocycles. The molecule has 0 amide bonds. The van der Waals surface area contributed by atoms with Gasteiger partial charge in [0, 0.05) is 13.4 Å². The second-order valence-electron chi connectivity index (χ2n) is 7.85. The maximum atomic E-state index is 13.2. The fourth-order valence-corrected chi connectivity index (χ4v) is 7.49. The summed E-state index contributed by atoms with van der Waals surface area (Å²) in [6, 6.07) is 3.11. The molecule has 3 aliphatic heterocycles. The van der Waals surface area contributed by atoms with Crippen molar-refractivity contribution in [1.29, 1.82) is 0 Å². The highest BCUT2D eigenvalue weighted by Gasteiger charge is 2.72. The third kappa shape index (κ3) is 5.12. The summed E-state index contributed by atoms with van der Waals surface area (Å²) in [5.74, 6) is -8.44. The summed E-state index contributed by atoms with van der Waals surface area (Å²) in [4.78, 5) is 37.9. The maximum Gasteiger partial charge on any atom is 0.426 e. The summed E-state index contributed by atoms with van der Waals surface area (Å²) in [6.45, 7) is 0. The molecule has 0 aliphatic carbocycles. The first-order chi connectivity index (χ1) is 16.1. The lowest BCUT2D eigenvalue weighted by Crippen LogP contribution is -2.50. The number of rotatable bonds is 6. The van der Waals surface area contributed by atoms with Crippen molar-refractivity contribution in [3.8, 4) is 0 Å². The highest BCUT2D eigenvalue weighted by molar-refractivity contribution is 9.11. The van der Waals surface area contributed by atoms with E-state index in [0.717, 1.165) is 0 Å². The molecule has 0 aromatic heterocycles. The van der Waals surface area contributed by atoms with E-state index in [1.807, 2.05) is 0 Å². The number of ether oxygens (including phenoxy) is 4. The Kier molecular flexibility index (Phi) is 7.07. The zero-order valence-corrected chi connectivity index (χ0v) is 22.3. The van der Waals surface area contributed by atoms with Crippen LogP contribution in [0, 0.1) is 11.8 Å². The second kappa shape index (κ2) is 9.24. The number of alkyl halides is 3. The molecule has 3 fully saturated rings. The Morgan fingerprint density at radius 1 is 1.11 bits per heavy atom. The fourth-order valence-electron chi connectivity index (χ4n) is 4.26. The van der Waals surface area contributed by atoms with Crippen LogP contribution in [0.5, 0.6) is 0 Å². The van der Waals surface area contributed by atoms with Crippen molar-refractivity contribution in [2.75, 3.05) is 5.75 Å². The van der Waals surface area contributed by atoms with E-state index in [9.17, 15) is 36.0 Å². The van der Waals surface area contributed by atoms with E-state index in [4.69, 9.17) is 18.8 Å². The molecule has 3 heterocycles. The van der Waals surface area contributed by atoms with Crippen LogP contribution in [0.2, 0.25) is 0 Å². The highest BCUT2D eigenvalue weighted by atomic mass is 79.9. The molecule has 35 heavy (non-hydrogen) atoms. The molecule has 7 atom stereocenters. The summed E-state index contributed by atoms with van der Waals surface area (Å²) in [6.07, 6.45) is -13.5. The summed E-state index contributed by atoms with van der Waals surface area (Å²) in [7, 11) is -5.18. The molecule has 1 aromatic rings. The van der Waals surface area contributed by atoms with Gasteiger partial charge < -0.3 is 18.9 Å². The summed E-state index contributed by atoms with van der Waals surface area (Å²) in [5, 5.41) is 0. The van der Waals surface area contributed by atoms with E-state index in [0.29, 0.717) is 13.4 Å². The summed E-state index contributed by atoms with van der Waals surface area (Å²) in [5.41, 5.74) is 0.0428. The van der Waals surface area contributed by atoms with Gasteiger partial charge in [-0.3, -0.25) is 14.1 Å². The van der Waals surface area contributed by atoms with Gasteiger partial charge in [0.1, 0.15) is 29.8 Å². The molecule has 17 heteroatoms. The Labute approximate surface area is 219 Å². The van der Waals surface area contributed by atoms with Gasteiger partial charge in [0.2, 0.25) is 6.10 Å². The van der Waals surface area contributed by atoms with Gasteiger partial charge in [-0.25, -0.2) is 4.79 Å². The minimum atomic E-state index is -5.34. The molecule has 0 radical (unpaired) electrons. The Morgan fingerprint density at radius 2 is 1.71 bits per heavy atom. The molecule has 10 nitrogen and oxygen atoms in total. The number of hydrogen-bond donors (Lipinski definition) is 1. The van der Waals surface area contributed by atoms with Gasteiger partial charge in [0.25, 0.3) is 10.1 Å². The second-order valence-corrected chi connectivity index (χ2v) is 12.0. The van der Waals surface area contributed by atoms with E-state index < -0.39 is 82.3 Å². The van der Waals surface area contributed by atoms with Crippen LogP contribution in [-0.2, 0) is 38.7 Å². The van der Waals surface area contributed by atoms with Gasteiger partial charge in [-0.05, 0) is 44.0 Å². The monoisotopic (exact) mass is 714 g/mol. The van der Waals surface area contributed by atoms with Crippen LogP contribution < -0.4 is 0 Å². The number of esters is 3. The van der Waals surface area contributed by atoms with E-state index in [1.54, 1.807) is 12.1 Å². The van der Waals surface area contributed by atoms with E-state index in [-0.39, 0.29) is 5.56 Å². The van der Waals surface area contributed by atoms with Crippen LogP contribution in [0.15, 0.2) is 25.6 Å². The molecule has 1 N–H and O–H groups in total. The van der Waals surface area contributed by atoms with Crippen LogP contribution in [0.3, 0.4) is 0 Å². The molecule has 4 rings (SSSR count). The normalized spacial score (nSPS) is 30.2. The van der Waals surface area contributed by atoms with Crippen molar-refractivity contribution < 1.29 is 59.5 Å². The fraction of sp³-hybridized carbons (Fsp3) is 0.500. The molecule has 7 unspecified atom stereocenters. The number of fused-ring (bicyclic) bond motifs is 1. The zero-order valence-electron chi connectivity index (χ0n) is 16.7. The predicted molar refractivity (Wildman–Crippen MR) is 117 cm³/mol. The Balaban J connectivity index is 1.58. The Morgan fingerprint density at radius 3 is 2.26 bits per heavy atom. The van der Waals surface area contributed by atoms with Crippen molar-refractivity contribution in [2.45, 2.75) is 36.7 Å². The van der Waals surface area contributed by atoms with Crippen molar-refractivity contribution in [1.82, 2.24) is 0 Å². The van der Waals surface area contributed by atoms with Crippen molar-refractivity contribution in [3.05, 3.63) is 31.1 Å². The van der Waals surface area contributed by atoms with E-state index >= 15 is 0 Å². The topological polar surface area (TPSA) is 142 Å². The number of carbonyl (C=O) groups excluding carboxylic acids is 3. The average molecular weight is 717 g/mol.